The van der Waals surface area contributed by atoms with E-state index in [0.717, 1.165) is 51.6 Å². The fourth-order valence-electron chi connectivity index (χ4n) is 4.34. The van der Waals surface area contributed by atoms with Crippen molar-refractivity contribution in [3.8, 4) is 34.0 Å². The number of nitrogens with zero attached hydrogens (tertiary/aromatic N) is 5. The standard InChI is InChI=1S/C28H24N8O/c1-2-3-7-24(37)32-19-13-18(15-29-16-19)17-8-9-21-20(14-17)25(36-35-21)28-33-23-10-12-31-26(27(23)34-28)22-6-4-5-11-30-22/h4-6,8-16H,2-3,7H2,1H3,(H,32,37)(H,33,34)(H,35,36). The minimum absolute atomic E-state index is 0.00202. The molecule has 0 radical (unpaired) electrons. The number of amides is 1. The number of carbonyl (C=O) groups excluding carboxylic acids is 1. The van der Waals surface area contributed by atoms with Crippen LogP contribution in [-0.2, 0) is 4.79 Å². The van der Waals surface area contributed by atoms with Crippen molar-refractivity contribution in [3.05, 3.63) is 73.3 Å². The minimum Gasteiger partial charge on any atom is -0.336 e. The summed E-state index contributed by atoms with van der Waals surface area (Å²) >= 11 is 0. The molecular formula is C28H24N8O. The van der Waals surface area contributed by atoms with Gasteiger partial charge in [-0.15, -0.1) is 0 Å². The van der Waals surface area contributed by atoms with E-state index >= 15 is 0 Å². The van der Waals surface area contributed by atoms with E-state index in [9.17, 15) is 4.79 Å². The average Bonchev–Trinajstić information content (AvgIpc) is 3.56. The number of fused-ring (bicyclic) bond motifs is 2. The number of H-pyrrole nitrogens is 2. The van der Waals surface area contributed by atoms with Crippen LogP contribution in [0.4, 0.5) is 5.69 Å². The zero-order valence-electron chi connectivity index (χ0n) is 20.2. The van der Waals surface area contributed by atoms with Crippen LogP contribution in [0.1, 0.15) is 26.2 Å². The quantitative estimate of drug-likeness (QED) is 0.263. The molecule has 6 aromatic rings. The van der Waals surface area contributed by atoms with Crippen molar-refractivity contribution in [1.29, 1.82) is 0 Å². The van der Waals surface area contributed by atoms with Gasteiger partial charge in [0.2, 0.25) is 5.91 Å². The average molecular weight is 489 g/mol. The Morgan fingerprint density at radius 1 is 0.946 bits per heavy atom. The van der Waals surface area contributed by atoms with Gasteiger partial charge in [0, 0.05) is 36.0 Å². The van der Waals surface area contributed by atoms with Gasteiger partial charge < -0.3 is 10.3 Å². The van der Waals surface area contributed by atoms with Crippen molar-refractivity contribution >= 4 is 33.5 Å². The van der Waals surface area contributed by atoms with Gasteiger partial charge in [0.05, 0.1) is 28.6 Å². The van der Waals surface area contributed by atoms with Crippen LogP contribution in [0.3, 0.4) is 0 Å². The first kappa shape index (κ1) is 22.5. The summed E-state index contributed by atoms with van der Waals surface area (Å²) in [6, 6.07) is 15.6. The van der Waals surface area contributed by atoms with Gasteiger partial charge in [-0.3, -0.25) is 24.8 Å². The van der Waals surface area contributed by atoms with Crippen LogP contribution < -0.4 is 5.32 Å². The van der Waals surface area contributed by atoms with Crippen LogP contribution in [0.2, 0.25) is 0 Å². The second kappa shape index (κ2) is 9.62. The molecule has 0 unspecified atom stereocenters. The SMILES string of the molecule is CCCCC(=O)Nc1cncc(-c2ccc3[nH]nc(-c4nc5c(-c6ccccn6)nccc5[nH]4)c3c2)c1. The van der Waals surface area contributed by atoms with Crippen molar-refractivity contribution in [2.75, 3.05) is 5.32 Å². The maximum atomic E-state index is 12.2. The van der Waals surface area contributed by atoms with Crippen LogP contribution in [0.25, 0.3) is 56.0 Å². The lowest BCUT2D eigenvalue weighted by Crippen LogP contribution is -2.11. The molecule has 182 valence electrons. The number of pyridine rings is 3. The maximum Gasteiger partial charge on any atom is 0.224 e. The molecule has 0 spiro atoms. The molecule has 0 aliphatic rings. The summed E-state index contributed by atoms with van der Waals surface area (Å²) in [7, 11) is 0. The highest BCUT2D eigenvalue weighted by Gasteiger charge is 2.17. The van der Waals surface area contributed by atoms with Crippen LogP contribution in [-0.4, -0.2) is 41.0 Å². The molecule has 5 heterocycles. The van der Waals surface area contributed by atoms with E-state index in [-0.39, 0.29) is 5.91 Å². The molecule has 6 rings (SSSR count). The Kier molecular flexibility index (Phi) is 5.86. The first-order valence-electron chi connectivity index (χ1n) is 12.2. The highest BCUT2D eigenvalue weighted by molar-refractivity contribution is 5.97. The number of hydrogen-bond donors (Lipinski definition) is 3. The molecule has 0 aliphatic heterocycles. The van der Waals surface area contributed by atoms with Crippen molar-refractivity contribution in [2.45, 2.75) is 26.2 Å². The summed E-state index contributed by atoms with van der Waals surface area (Å²) in [4.78, 5) is 33.7. The molecule has 1 aromatic carbocycles. The van der Waals surface area contributed by atoms with E-state index < -0.39 is 0 Å². The predicted octanol–water partition coefficient (Wildman–Crippen LogP) is 5.75. The molecule has 9 nitrogen and oxygen atoms in total. The van der Waals surface area contributed by atoms with E-state index in [4.69, 9.17) is 4.98 Å². The minimum atomic E-state index is -0.00202. The number of benzene rings is 1. The number of carbonyl (C=O) groups is 1. The van der Waals surface area contributed by atoms with Gasteiger partial charge in [-0.05, 0) is 48.4 Å². The Hall–Kier alpha value is -4.92. The topological polar surface area (TPSA) is 125 Å². The molecule has 3 N–H and O–H groups in total. The maximum absolute atomic E-state index is 12.2. The molecule has 37 heavy (non-hydrogen) atoms. The lowest BCUT2D eigenvalue weighted by Gasteiger charge is -2.07. The summed E-state index contributed by atoms with van der Waals surface area (Å²) in [6.07, 6.45) is 9.28. The molecule has 0 saturated heterocycles. The smallest absolute Gasteiger partial charge is 0.224 e. The summed E-state index contributed by atoms with van der Waals surface area (Å²) in [5.74, 6) is 0.636. The molecular weight excluding hydrogens is 464 g/mol. The molecule has 9 heteroatoms. The monoisotopic (exact) mass is 488 g/mol. The summed E-state index contributed by atoms with van der Waals surface area (Å²) < 4.78 is 0. The molecule has 0 bridgehead atoms. The van der Waals surface area contributed by atoms with Crippen molar-refractivity contribution in [1.82, 2.24) is 35.1 Å². The van der Waals surface area contributed by atoms with Gasteiger partial charge in [0.1, 0.15) is 16.9 Å². The fourth-order valence-corrected chi connectivity index (χ4v) is 4.34. The van der Waals surface area contributed by atoms with Crippen molar-refractivity contribution in [3.63, 3.8) is 0 Å². The summed E-state index contributed by atoms with van der Waals surface area (Å²) in [5, 5.41) is 11.5. The van der Waals surface area contributed by atoms with E-state index in [1.807, 2.05) is 42.5 Å². The van der Waals surface area contributed by atoms with Crippen LogP contribution in [0.15, 0.2) is 73.3 Å². The first-order valence-corrected chi connectivity index (χ1v) is 12.2. The number of aromatic amines is 2. The van der Waals surface area contributed by atoms with Gasteiger partial charge in [-0.25, -0.2) is 4.98 Å². The molecule has 1 amide bonds. The zero-order chi connectivity index (χ0) is 25.2. The van der Waals surface area contributed by atoms with Crippen molar-refractivity contribution < 1.29 is 4.79 Å². The summed E-state index contributed by atoms with van der Waals surface area (Å²) in [6.45, 7) is 2.07. The number of unbranched alkanes of at least 4 members (excludes halogenated alkanes) is 1. The Bertz CT molecular complexity index is 1720. The second-order valence-electron chi connectivity index (χ2n) is 8.80. The molecule has 0 saturated carbocycles. The van der Waals surface area contributed by atoms with E-state index in [1.54, 1.807) is 24.8 Å². The lowest BCUT2D eigenvalue weighted by molar-refractivity contribution is -0.116. The highest BCUT2D eigenvalue weighted by atomic mass is 16.1. The number of anilines is 1. The third kappa shape index (κ3) is 4.42. The number of nitrogens with one attached hydrogen (secondary N) is 3. The van der Waals surface area contributed by atoms with Gasteiger partial charge in [-0.1, -0.05) is 25.5 Å². The Morgan fingerprint density at radius 3 is 2.76 bits per heavy atom. The van der Waals surface area contributed by atoms with Gasteiger partial charge in [0.25, 0.3) is 0 Å². The summed E-state index contributed by atoms with van der Waals surface area (Å²) in [5.41, 5.74) is 7.19. The third-order valence-corrected chi connectivity index (χ3v) is 6.21. The molecule has 0 atom stereocenters. The zero-order valence-corrected chi connectivity index (χ0v) is 20.2. The Labute approximate surface area is 212 Å². The first-order chi connectivity index (χ1) is 18.2. The Balaban J connectivity index is 1.37. The third-order valence-electron chi connectivity index (χ3n) is 6.21. The normalized spacial score (nSPS) is 11.3. The van der Waals surface area contributed by atoms with Gasteiger partial charge >= 0.3 is 0 Å². The lowest BCUT2D eigenvalue weighted by atomic mass is 10.0. The second-order valence-corrected chi connectivity index (χ2v) is 8.80. The molecule has 0 aliphatic carbocycles. The number of hydrogen-bond acceptors (Lipinski definition) is 6. The molecule has 0 fully saturated rings. The molecule has 5 aromatic heterocycles. The highest BCUT2D eigenvalue weighted by Crippen LogP contribution is 2.32. The largest absolute Gasteiger partial charge is 0.336 e. The van der Waals surface area contributed by atoms with Crippen molar-refractivity contribution in [2.24, 2.45) is 0 Å². The van der Waals surface area contributed by atoms with E-state index in [0.29, 0.717) is 29.3 Å². The predicted molar refractivity (Wildman–Crippen MR) is 144 cm³/mol. The number of imidazole rings is 1. The van der Waals surface area contributed by atoms with E-state index in [1.165, 1.54) is 0 Å². The van der Waals surface area contributed by atoms with Crippen LogP contribution in [0, 0.1) is 0 Å². The number of aromatic nitrogens is 7. The fraction of sp³-hybridized carbons (Fsp3) is 0.143. The number of rotatable bonds is 7. The van der Waals surface area contributed by atoms with E-state index in [2.05, 4.69) is 48.4 Å². The van der Waals surface area contributed by atoms with Crippen LogP contribution in [0.5, 0.6) is 0 Å². The van der Waals surface area contributed by atoms with Gasteiger partial charge in [-0.2, -0.15) is 5.10 Å². The Morgan fingerprint density at radius 2 is 1.89 bits per heavy atom. The van der Waals surface area contributed by atoms with Crippen LogP contribution >= 0.6 is 0 Å². The van der Waals surface area contributed by atoms with Gasteiger partial charge in [0.15, 0.2) is 5.82 Å².